The van der Waals surface area contributed by atoms with Crippen molar-refractivity contribution in [2.75, 3.05) is 20.1 Å². The Morgan fingerprint density at radius 2 is 2.21 bits per heavy atom. The summed E-state index contributed by atoms with van der Waals surface area (Å²) in [6.07, 6.45) is 2.25. The molecule has 1 heterocycles. The van der Waals surface area contributed by atoms with Crippen molar-refractivity contribution in [2.45, 2.75) is 39.3 Å². The third-order valence-electron chi connectivity index (χ3n) is 2.43. The molecule has 1 aromatic heterocycles. The van der Waals surface area contributed by atoms with Gasteiger partial charge in [0.05, 0.1) is 12.8 Å². The number of nitrogens with zero attached hydrogens (tertiary/aromatic N) is 1. The van der Waals surface area contributed by atoms with Crippen LogP contribution in [0.15, 0.2) is 22.8 Å². The van der Waals surface area contributed by atoms with Gasteiger partial charge in [-0.15, -0.1) is 0 Å². The van der Waals surface area contributed by atoms with Crippen LogP contribution in [0, 0.1) is 0 Å². The first-order valence-electron chi connectivity index (χ1n) is 6.56. The summed E-state index contributed by atoms with van der Waals surface area (Å²) in [4.78, 5) is 13.3. The number of furan rings is 1. The Balaban J connectivity index is 2.10. The maximum Gasteiger partial charge on any atom is 0.410 e. The fourth-order valence-corrected chi connectivity index (χ4v) is 1.50. The predicted molar refractivity (Wildman–Crippen MR) is 73.9 cm³/mol. The Kier molecular flexibility index (Phi) is 5.89. The van der Waals surface area contributed by atoms with Crippen molar-refractivity contribution >= 4 is 6.09 Å². The molecule has 0 fully saturated rings. The smallest absolute Gasteiger partial charge is 0.410 e. The molecule has 0 unspecified atom stereocenters. The van der Waals surface area contributed by atoms with Crippen molar-refractivity contribution in [1.82, 2.24) is 10.2 Å². The molecule has 0 radical (unpaired) electrons. The van der Waals surface area contributed by atoms with Gasteiger partial charge in [-0.05, 0) is 45.9 Å². The van der Waals surface area contributed by atoms with E-state index < -0.39 is 5.60 Å². The number of carbonyl (C=O) groups is 1. The van der Waals surface area contributed by atoms with Crippen molar-refractivity contribution in [3.8, 4) is 0 Å². The number of nitrogens with one attached hydrogen (secondary N) is 1. The maximum absolute atomic E-state index is 11.7. The SMILES string of the molecule is CN(CCCNCc1ccco1)C(=O)OC(C)(C)C. The Labute approximate surface area is 114 Å². The fourth-order valence-electron chi connectivity index (χ4n) is 1.50. The van der Waals surface area contributed by atoms with Gasteiger partial charge in [0.1, 0.15) is 11.4 Å². The summed E-state index contributed by atoms with van der Waals surface area (Å²) in [6, 6.07) is 3.80. The van der Waals surface area contributed by atoms with E-state index in [2.05, 4.69) is 5.32 Å². The first kappa shape index (κ1) is 15.6. The summed E-state index contributed by atoms with van der Waals surface area (Å²) >= 11 is 0. The monoisotopic (exact) mass is 268 g/mol. The molecular formula is C14H24N2O3. The second kappa shape index (κ2) is 7.19. The molecule has 0 aromatic carbocycles. The Bertz CT molecular complexity index is 369. The van der Waals surface area contributed by atoms with Crippen molar-refractivity contribution in [3.05, 3.63) is 24.2 Å². The van der Waals surface area contributed by atoms with Crippen LogP contribution in [0.5, 0.6) is 0 Å². The van der Waals surface area contributed by atoms with Gasteiger partial charge in [0.15, 0.2) is 0 Å². The molecule has 1 rings (SSSR count). The summed E-state index contributed by atoms with van der Waals surface area (Å²) in [5, 5.41) is 3.26. The lowest BCUT2D eigenvalue weighted by molar-refractivity contribution is 0.0297. The number of hydrogen-bond acceptors (Lipinski definition) is 4. The molecule has 108 valence electrons. The number of ether oxygens (including phenoxy) is 1. The van der Waals surface area contributed by atoms with Crippen LogP contribution in [0.3, 0.4) is 0 Å². The van der Waals surface area contributed by atoms with E-state index in [4.69, 9.17) is 9.15 Å². The highest BCUT2D eigenvalue weighted by Crippen LogP contribution is 2.09. The van der Waals surface area contributed by atoms with Crippen molar-refractivity contribution in [1.29, 1.82) is 0 Å². The van der Waals surface area contributed by atoms with E-state index in [0.29, 0.717) is 13.1 Å². The predicted octanol–water partition coefficient (Wildman–Crippen LogP) is 2.63. The minimum atomic E-state index is -0.442. The second-order valence-electron chi connectivity index (χ2n) is 5.51. The van der Waals surface area contributed by atoms with Gasteiger partial charge < -0.3 is 19.4 Å². The zero-order valence-electron chi connectivity index (χ0n) is 12.2. The molecule has 1 amide bonds. The van der Waals surface area contributed by atoms with Crippen LogP contribution >= 0.6 is 0 Å². The van der Waals surface area contributed by atoms with E-state index in [1.165, 1.54) is 0 Å². The van der Waals surface area contributed by atoms with Crippen LogP contribution < -0.4 is 5.32 Å². The topological polar surface area (TPSA) is 54.7 Å². The molecule has 0 bridgehead atoms. The van der Waals surface area contributed by atoms with Crippen LogP contribution in [0.25, 0.3) is 0 Å². The minimum absolute atomic E-state index is 0.279. The van der Waals surface area contributed by atoms with Crippen LogP contribution in [-0.4, -0.2) is 36.7 Å². The Hall–Kier alpha value is -1.49. The number of amides is 1. The molecule has 5 heteroatoms. The molecule has 0 saturated heterocycles. The lowest BCUT2D eigenvalue weighted by atomic mass is 10.2. The summed E-state index contributed by atoms with van der Waals surface area (Å²) in [5.41, 5.74) is -0.442. The summed E-state index contributed by atoms with van der Waals surface area (Å²) in [7, 11) is 1.75. The zero-order valence-corrected chi connectivity index (χ0v) is 12.2. The van der Waals surface area contributed by atoms with Gasteiger partial charge in [0, 0.05) is 13.6 Å². The van der Waals surface area contributed by atoms with E-state index in [1.807, 2.05) is 32.9 Å². The van der Waals surface area contributed by atoms with E-state index in [-0.39, 0.29) is 6.09 Å². The van der Waals surface area contributed by atoms with E-state index in [9.17, 15) is 4.79 Å². The summed E-state index contributed by atoms with van der Waals surface area (Å²) in [5.74, 6) is 0.917. The average molecular weight is 268 g/mol. The molecule has 19 heavy (non-hydrogen) atoms. The van der Waals surface area contributed by atoms with Crippen LogP contribution in [0.4, 0.5) is 4.79 Å². The third-order valence-corrected chi connectivity index (χ3v) is 2.43. The van der Waals surface area contributed by atoms with Crippen molar-refractivity contribution < 1.29 is 13.9 Å². The first-order valence-corrected chi connectivity index (χ1v) is 6.56. The standard InChI is InChI=1S/C14H24N2O3/c1-14(2,3)19-13(17)16(4)9-6-8-15-11-12-7-5-10-18-12/h5,7,10,15H,6,8-9,11H2,1-4H3. The molecule has 1 aromatic rings. The Morgan fingerprint density at radius 3 is 2.79 bits per heavy atom. The molecule has 0 aliphatic carbocycles. The highest BCUT2D eigenvalue weighted by atomic mass is 16.6. The van der Waals surface area contributed by atoms with Gasteiger partial charge in [-0.25, -0.2) is 4.79 Å². The lowest BCUT2D eigenvalue weighted by Crippen LogP contribution is -2.35. The molecule has 0 aliphatic heterocycles. The van der Waals surface area contributed by atoms with Gasteiger partial charge in [0.2, 0.25) is 0 Å². The number of rotatable bonds is 6. The van der Waals surface area contributed by atoms with E-state index in [0.717, 1.165) is 18.7 Å². The van der Waals surface area contributed by atoms with E-state index in [1.54, 1.807) is 18.2 Å². The first-order chi connectivity index (χ1) is 8.88. The van der Waals surface area contributed by atoms with Gasteiger partial charge in [-0.3, -0.25) is 0 Å². The van der Waals surface area contributed by atoms with Crippen molar-refractivity contribution in [2.24, 2.45) is 0 Å². The number of hydrogen-bond donors (Lipinski definition) is 1. The molecular weight excluding hydrogens is 244 g/mol. The molecule has 5 nitrogen and oxygen atoms in total. The lowest BCUT2D eigenvalue weighted by Gasteiger charge is -2.24. The van der Waals surface area contributed by atoms with E-state index >= 15 is 0 Å². The molecule has 0 atom stereocenters. The normalized spacial score (nSPS) is 11.4. The average Bonchev–Trinajstić information content (AvgIpc) is 2.79. The van der Waals surface area contributed by atoms with Gasteiger partial charge >= 0.3 is 6.09 Å². The quantitative estimate of drug-likeness (QED) is 0.806. The highest BCUT2D eigenvalue weighted by molar-refractivity contribution is 5.67. The van der Waals surface area contributed by atoms with Crippen LogP contribution in [-0.2, 0) is 11.3 Å². The molecule has 0 aliphatic rings. The zero-order chi connectivity index (χ0) is 14.3. The van der Waals surface area contributed by atoms with Crippen molar-refractivity contribution in [3.63, 3.8) is 0 Å². The maximum atomic E-state index is 11.7. The largest absolute Gasteiger partial charge is 0.468 e. The molecule has 0 saturated carbocycles. The Morgan fingerprint density at radius 1 is 1.47 bits per heavy atom. The van der Waals surface area contributed by atoms with Crippen LogP contribution in [0.1, 0.15) is 33.0 Å². The van der Waals surface area contributed by atoms with Gasteiger partial charge in [-0.2, -0.15) is 0 Å². The third kappa shape index (κ3) is 6.86. The van der Waals surface area contributed by atoms with Gasteiger partial charge in [0.25, 0.3) is 0 Å². The highest BCUT2D eigenvalue weighted by Gasteiger charge is 2.18. The summed E-state index contributed by atoms with van der Waals surface area (Å²) < 4.78 is 10.5. The van der Waals surface area contributed by atoms with Crippen LogP contribution in [0.2, 0.25) is 0 Å². The summed E-state index contributed by atoms with van der Waals surface area (Å²) in [6.45, 7) is 7.80. The minimum Gasteiger partial charge on any atom is -0.468 e. The second-order valence-corrected chi connectivity index (χ2v) is 5.51. The van der Waals surface area contributed by atoms with Gasteiger partial charge in [-0.1, -0.05) is 0 Å². The molecule has 1 N–H and O–H groups in total. The molecule has 0 spiro atoms. The fraction of sp³-hybridized carbons (Fsp3) is 0.643. The number of carbonyl (C=O) groups excluding carboxylic acids is 1.